The molecule has 0 aliphatic rings. The standard InChI is InChI=1S/C9H19O2/c1-4-5-6-7-9(11-3)8-10-2/h9H,1,4-8H2,2-3H3. The molecule has 0 aromatic rings. The van der Waals surface area contributed by atoms with Gasteiger partial charge in [0.2, 0.25) is 0 Å². The molecule has 2 nitrogen and oxygen atoms in total. The van der Waals surface area contributed by atoms with Crippen molar-refractivity contribution in [3.8, 4) is 0 Å². The molecule has 0 saturated heterocycles. The van der Waals surface area contributed by atoms with E-state index in [1.807, 2.05) is 0 Å². The van der Waals surface area contributed by atoms with E-state index in [1.54, 1.807) is 14.2 Å². The van der Waals surface area contributed by atoms with E-state index in [0.29, 0.717) is 6.61 Å². The monoisotopic (exact) mass is 159 g/mol. The van der Waals surface area contributed by atoms with Crippen molar-refractivity contribution in [3.05, 3.63) is 6.92 Å². The molecular formula is C9H19O2. The van der Waals surface area contributed by atoms with Crippen LogP contribution in [0.2, 0.25) is 0 Å². The molecule has 0 N–H and O–H groups in total. The molecule has 2 heteroatoms. The Balaban J connectivity index is 3.20. The third-order valence-corrected chi connectivity index (χ3v) is 1.71. The van der Waals surface area contributed by atoms with Crippen LogP contribution < -0.4 is 0 Å². The SMILES string of the molecule is [CH2]CCCCC(COC)OC. The normalized spacial score (nSPS) is 13.4. The Morgan fingerprint density at radius 1 is 1.27 bits per heavy atom. The summed E-state index contributed by atoms with van der Waals surface area (Å²) >= 11 is 0. The van der Waals surface area contributed by atoms with Gasteiger partial charge in [-0.1, -0.05) is 26.2 Å². The predicted octanol–water partition coefficient (Wildman–Crippen LogP) is 2.04. The Morgan fingerprint density at radius 2 is 2.00 bits per heavy atom. The summed E-state index contributed by atoms with van der Waals surface area (Å²) in [5, 5.41) is 0. The summed E-state index contributed by atoms with van der Waals surface area (Å²) in [6, 6.07) is 0. The molecule has 1 atom stereocenters. The second-order valence-corrected chi connectivity index (χ2v) is 2.66. The predicted molar refractivity (Wildman–Crippen MR) is 46.5 cm³/mol. The topological polar surface area (TPSA) is 18.5 Å². The summed E-state index contributed by atoms with van der Waals surface area (Å²) in [5.74, 6) is 0. The molecule has 0 aliphatic heterocycles. The minimum absolute atomic E-state index is 0.270. The maximum Gasteiger partial charge on any atom is 0.0804 e. The van der Waals surface area contributed by atoms with Crippen molar-refractivity contribution >= 4 is 0 Å². The molecule has 0 heterocycles. The lowest BCUT2D eigenvalue weighted by molar-refractivity contribution is 0.0222. The summed E-state index contributed by atoms with van der Waals surface area (Å²) in [6.07, 6.45) is 4.74. The quantitative estimate of drug-likeness (QED) is 0.529. The van der Waals surface area contributed by atoms with E-state index in [4.69, 9.17) is 9.47 Å². The Morgan fingerprint density at radius 3 is 2.45 bits per heavy atom. The first-order valence-electron chi connectivity index (χ1n) is 4.16. The second-order valence-electron chi connectivity index (χ2n) is 2.66. The van der Waals surface area contributed by atoms with Gasteiger partial charge < -0.3 is 9.47 Å². The van der Waals surface area contributed by atoms with E-state index in [0.717, 1.165) is 12.8 Å². The third-order valence-electron chi connectivity index (χ3n) is 1.71. The van der Waals surface area contributed by atoms with E-state index >= 15 is 0 Å². The Bertz CT molecular complexity index is 74.0. The number of methoxy groups -OCH3 is 2. The highest BCUT2D eigenvalue weighted by atomic mass is 16.5. The van der Waals surface area contributed by atoms with Gasteiger partial charge in [0.1, 0.15) is 0 Å². The zero-order valence-electron chi connectivity index (χ0n) is 7.64. The van der Waals surface area contributed by atoms with Crippen molar-refractivity contribution in [2.45, 2.75) is 31.8 Å². The molecule has 0 aromatic carbocycles. The van der Waals surface area contributed by atoms with E-state index in [9.17, 15) is 0 Å². The fraction of sp³-hybridized carbons (Fsp3) is 0.889. The van der Waals surface area contributed by atoms with Gasteiger partial charge >= 0.3 is 0 Å². The van der Waals surface area contributed by atoms with Gasteiger partial charge in [0.25, 0.3) is 0 Å². The highest BCUT2D eigenvalue weighted by Gasteiger charge is 2.04. The van der Waals surface area contributed by atoms with E-state index < -0.39 is 0 Å². The average molecular weight is 159 g/mol. The van der Waals surface area contributed by atoms with Crippen molar-refractivity contribution < 1.29 is 9.47 Å². The number of hydrogen-bond acceptors (Lipinski definition) is 2. The molecule has 0 aliphatic carbocycles. The molecule has 1 unspecified atom stereocenters. The van der Waals surface area contributed by atoms with Gasteiger partial charge in [-0.3, -0.25) is 0 Å². The maximum absolute atomic E-state index is 5.19. The number of rotatable bonds is 7. The summed E-state index contributed by atoms with van der Waals surface area (Å²) in [4.78, 5) is 0. The average Bonchev–Trinajstić information content (AvgIpc) is 2.03. The lowest BCUT2D eigenvalue weighted by Crippen LogP contribution is -2.16. The van der Waals surface area contributed by atoms with Crippen LogP contribution in [0.25, 0.3) is 0 Å². The smallest absolute Gasteiger partial charge is 0.0804 e. The van der Waals surface area contributed by atoms with Crippen molar-refractivity contribution in [3.63, 3.8) is 0 Å². The fourth-order valence-electron chi connectivity index (χ4n) is 1.00. The van der Waals surface area contributed by atoms with E-state index in [2.05, 4.69) is 6.92 Å². The number of hydrogen-bond donors (Lipinski definition) is 0. The summed E-state index contributed by atoms with van der Waals surface area (Å²) in [5.41, 5.74) is 0. The summed E-state index contributed by atoms with van der Waals surface area (Å²) in [6.45, 7) is 4.48. The summed E-state index contributed by atoms with van der Waals surface area (Å²) in [7, 11) is 3.43. The highest BCUT2D eigenvalue weighted by molar-refractivity contribution is 4.56. The van der Waals surface area contributed by atoms with Gasteiger partial charge in [-0.05, 0) is 6.42 Å². The zero-order chi connectivity index (χ0) is 8.53. The maximum atomic E-state index is 5.19. The summed E-state index contributed by atoms with van der Waals surface area (Å²) < 4.78 is 10.2. The minimum Gasteiger partial charge on any atom is -0.382 e. The molecule has 0 amide bonds. The van der Waals surface area contributed by atoms with E-state index in [1.165, 1.54) is 12.8 Å². The highest BCUT2D eigenvalue weighted by Crippen LogP contribution is 2.05. The van der Waals surface area contributed by atoms with Crippen LogP contribution in [0.1, 0.15) is 25.7 Å². The van der Waals surface area contributed by atoms with Crippen LogP contribution in [-0.2, 0) is 9.47 Å². The molecule has 0 fully saturated rings. The fourth-order valence-corrected chi connectivity index (χ4v) is 1.00. The van der Waals surface area contributed by atoms with Gasteiger partial charge in [-0.2, -0.15) is 0 Å². The molecule has 0 saturated carbocycles. The first-order valence-corrected chi connectivity index (χ1v) is 4.16. The zero-order valence-corrected chi connectivity index (χ0v) is 7.64. The van der Waals surface area contributed by atoms with Crippen LogP contribution in [0.5, 0.6) is 0 Å². The van der Waals surface area contributed by atoms with Gasteiger partial charge in [0.05, 0.1) is 12.7 Å². The number of ether oxygens (including phenoxy) is 2. The van der Waals surface area contributed by atoms with Crippen LogP contribution in [0.3, 0.4) is 0 Å². The van der Waals surface area contributed by atoms with Crippen LogP contribution >= 0.6 is 0 Å². The molecular weight excluding hydrogens is 140 g/mol. The van der Waals surface area contributed by atoms with Crippen molar-refractivity contribution in [2.24, 2.45) is 0 Å². The Labute approximate surface area is 69.9 Å². The molecule has 0 aromatic heterocycles. The second kappa shape index (κ2) is 8.02. The first-order chi connectivity index (χ1) is 5.35. The van der Waals surface area contributed by atoms with Gasteiger partial charge in [0.15, 0.2) is 0 Å². The van der Waals surface area contributed by atoms with Gasteiger partial charge in [0, 0.05) is 14.2 Å². The molecule has 0 spiro atoms. The van der Waals surface area contributed by atoms with Crippen LogP contribution in [-0.4, -0.2) is 26.9 Å². The van der Waals surface area contributed by atoms with Gasteiger partial charge in [-0.15, -0.1) is 0 Å². The minimum atomic E-state index is 0.270. The number of unbranched alkanes of at least 4 members (excludes halogenated alkanes) is 2. The molecule has 1 radical (unpaired) electrons. The van der Waals surface area contributed by atoms with Crippen molar-refractivity contribution in [1.29, 1.82) is 0 Å². The Hall–Kier alpha value is -0.0800. The first kappa shape index (κ1) is 10.9. The van der Waals surface area contributed by atoms with Crippen LogP contribution in [0.4, 0.5) is 0 Å². The van der Waals surface area contributed by atoms with Crippen molar-refractivity contribution in [1.82, 2.24) is 0 Å². The molecule has 11 heavy (non-hydrogen) atoms. The molecule has 0 rings (SSSR count). The third kappa shape index (κ3) is 6.32. The van der Waals surface area contributed by atoms with Gasteiger partial charge in [-0.25, -0.2) is 0 Å². The molecule has 67 valence electrons. The van der Waals surface area contributed by atoms with Crippen molar-refractivity contribution in [2.75, 3.05) is 20.8 Å². The Kier molecular flexibility index (Phi) is 7.96. The van der Waals surface area contributed by atoms with Crippen LogP contribution in [0.15, 0.2) is 0 Å². The molecule has 0 bridgehead atoms. The van der Waals surface area contributed by atoms with Crippen LogP contribution in [0, 0.1) is 6.92 Å². The largest absolute Gasteiger partial charge is 0.382 e. The lowest BCUT2D eigenvalue weighted by Gasteiger charge is -2.13. The van der Waals surface area contributed by atoms with E-state index in [-0.39, 0.29) is 6.10 Å². The lowest BCUT2D eigenvalue weighted by atomic mass is 10.1.